The van der Waals surface area contributed by atoms with Gasteiger partial charge in [-0.25, -0.2) is 0 Å². The molecule has 0 N–H and O–H groups in total. The second-order valence-corrected chi connectivity index (χ2v) is 5.49. The van der Waals surface area contributed by atoms with Crippen LogP contribution >= 0.6 is 11.8 Å². The highest BCUT2D eigenvalue weighted by Gasteiger charge is 2.16. The minimum absolute atomic E-state index is 0.563. The molecule has 0 aromatic heterocycles. The first kappa shape index (κ1) is 12.4. The largest absolute Gasteiger partial charge is 0.368 e. The lowest BCUT2D eigenvalue weighted by Gasteiger charge is -2.24. The summed E-state index contributed by atoms with van der Waals surface area (Å²) < 4.78 is 5.72. The average molecular weight is 216 g/mol. The van der Waals surface area contributed by atoms with Gasteiger partial charge < -0.3 is 4.74 Å². The van der Waals surface area contributed by atoms with E-state index in [-0.39, 0.29) is 0 Å². The van der Waals surface area contributed by atoms with Crippen LogP contribution in [0.3, 0.4) is 0 Å². The molecule has 0 aliphatic carbocycles. The minimum Gasteiger partial charge on any atom is -0.368 e. The maximum atomic E-state index is 5.72. The molecule has 1 aliphatic heterocycles. The van der Waals surface area contributed by atoms with E-state index in [0.717, 1.165) is 11.9 Å². The maximum Gasteiger partial charge on any atom is 0.0924 e. The monoisotopic (exact) mass is 216 g/mol. The summed E-state index contributed by atoms with van der Waals surface area (Å²) in [5, 5.41) is 0. The van der Waals surface area contributed by atoms with Crippen LogP contribution in [-0.4, -0.2) is 17.8 Å². The molecule has 1 heterocycles. The van der Waals surface area contributed by atoms with E-state index in [0.29, 0.717) is 6.10 Å². The van der Waals surface area contributed by atoms with Crippen LogP contribution in [0.4, 0.5) is 0 Å². The summed E-state index contributed by atoms with van der Waals surface area (Å²) in [4.78, 5) is 0. The van der Waals surface area contributed by atoms with E-state index in [4.69, 9.17) is 4.74 Å². The Hall–Kier alpha value is 0.310. The first-order chi connectivity index (χ1) is 6.83. The van der Waals surface area contributed by atoms with Gasteiger partial charge in [0.2, 0.25) is 0 Å². The average Bonchev–Trinajstić information content (AvgIpc) is 2.20. The van der Waals surface area contributed by atoms with Gasteiger partial charge in [-0.05, 0) is 24.5 Å². The second-order valence-electron chi connectivity index (χ2n) is 4.44. The van der Waals surface area contributed by atoms with Crippen LogP contribution in [0.1, 0.15) is 52.4 Å². The molecule has 0 amide bonds. The van der Waals surface area contributed by atoms with Crippen molar-refractivity contribution in [2.24, 2.45) is 5.92 Å². The molecule has 1 saturated heterocycles. The number of ether oxygens (including phenoxy) is 1. The smallest absolute Gasteiger partial charge is 0.0924 e. The molecule has 0 saturated carbocycles. The number of hydrogen-bond acceptors (Lipinski definition) is 2. The molecule has 0 bridgehead atoms. The molecule has 1 fully saturated rings. The molecule has 1 nitrogen and oxygen atoms in total. The first-order valence-corrected chi connectivity index (χ1v) is 7.17. The van der Waals surface area contributed by atoms with E-state index in [1.807, 2.05) is 11.8 Å². The van der Waals surface area contributed by atoms with Gasteiger partial charge in [-0.1, -0.05) is 39.5 Å². The summed E-state index contributed by atoms with van der Waals surface area (Å²) in [7, 11) is 0. The molecule has 14 heavy (non-hydrogen) atoms. The third-order valence-electron chi connectivity index (χ3n) is 2.94. The van der Waals surface area contributed by atoms with Gasteiger partial charge in [0.15, 0.2) is 0 Å². The Labute approximate surface area is 93.0 Å². The van der Waals surface area contributed by atoms with Crippen molar-refractivity contribution >= 4 is 11.8 Å². The van der Waals surface area contributed by atoms with Crippen LogP contribution in [0.15, 0.2) is 0 Å². The highest BCUT2D eigenvalue weighted by atomic mass is 32.2. The molecule has 0 radical (unpaired) electrons. The fourth-order valence-corrected chi connectivity index (χ4v) is 2.83. The van der Waals surface area contributed by atoms with Crippen LogP contribution in [0.2, 0.25) is 0 Å². The van der Waals surface area contributed by atoms with Gasteiger partial charge in [0, 0.05) is 0 Å². The Kier molecular flexibility index (Phi) is 6.70. The molecular formula is C12H24OS. The Morgan fingerprint density at radius 1 is 1.43 bits per heavy atom. The summed E-state index contributed by atoms with van der Waals surface area (Å²) in [6.07, 6.45) is 8.63. The van der Waals surface area contributed by atoms with Gasteiger partial charge in [-0.3, -0.25) is 0 Å². The van der Waals surface area contributed by atoms with Gasteiger partial charge in [-0.15, -0.1) is 11.8 Å². The first-order valence-electron chi connectivity index (χ1n) is 6.02. The topological polar surface area (TPSA) is 9.23 Å². The molecule has 1 aliphatic rings. The van der Waals surface area contributed by atoms with Gasteiger partial charge in [-0.2, -0.15) is 0 Å². The molecule has 2 unspecified atom stereocenters. The minimum atomic E-state index is 0.563. The quantitative estimate of drug-likeness (QED) is 0.619. The Bertz CT molecular complexity index is 132. The van der Waals surface area contributed by atoms with E-state index in [1.54, 1.807) is 0 Å². The van der Waals surface area contributed by atoms with Crippen molar-refractivity contribution in [1.29, 1.82) is 0 Å². The molecule has 2 heteroatoms. The molecule has 2 atom stereocenters. The highest BCUT2D eigenvalue weighted by Crippen LogP contribution is 2.23. The Morgan fingerprint density at radius 3 is 2.93 bits per heavy atom. The molecule has 0 spiro atoms. The fraction of sp³-hybridized carbons (Fsp3) is 1.00. The van der Waals surface area contributed by atoms with Crippen molar-refractivity contribution in [3.63, 3.8) is 0 Å². The predicted octanol–water partition coefficient (Wildman–Crippen LogP) is 4.07. The molecule has 0 aromatic rings. The van der Waals surface area contributed by atoms with E-state index in [9.17, 15) is 0 Å². The van der Waals surface area contributed by atoms with Gasteiger partial charge in [0.05, 0.1) is 12.0 Å². The zero-order valence-electron chi connectivity index (χ0n) is 9.63. The lowest BCUT2D eigenvalue weighted by Crippen LogP contribution is -2.21. The number of rotatable bonds is 6. The molecule has 84 valence electrons. The van der Waals surface area contributed by atoms with Crippen LogP contribution < -0.4 is 0 Å². The summed E-state index contributed by atoms with van der Waals surface area (Å²) >= 11 is 1.93. The SMILES string of the molecule is CCCCCC(C)CC1CCSCO1. The number of hydrogen-bond donors (Lipinski definition) is 0. The van der Waals surface area contributed by atoms with E-state index >= 15 is 0 Å². The zero-order valence-corrected chi connectivity index (χ0v) is 10.4. The lowest BCUT2D eigenvalue weighted by molar-refractivity contribution is 0.0612. The lowest BCUT2D eigenvalue weighted by atomic mass is 9.96. The van der Waals surface area contributed by atoms with E-state index < -0.39 is 0 Å². The summed E-state index contributed by atoms with van der Waals surface area (Å²) in [6, 6.07) is 0. The van der Waals surface area contributed by atoms with E-state index in [1.165, 1.54) is 44.3 Å². The van der Waals surface area contributed by atoms with Gasteiger partial charge in [0.1, 0.15) is 0 Å². The number of thioether (sulfide) groups is 1. The summed E-state index contributed by atoms with van der Waals surface area (Å²) in [5.74, 6) is 3.08. The van der Waals surface area contributed by atoms with Crippen molar-refractivity contribution in [1.82, 2.24) is 0 Å². The van der Waals surface area contributed by atoms with Crippen LogP contribution in [-0.2, 0) is 4.74 Å². The zero-order chi connectivity index (χ0) is 10.2. The summed E-state index contributed by atoms with van der Waals surface area (Å²) in [5.41, 5.74) is 0. The molecule has 0 aromatic carbocycles. The molecular weight excluding hydrogens is 192 g/mol. The fourth-order valence-electron chi connectivity index (χ4n) is 2.00. The second kappa shape index (κ2) is 7.58. The standard InChI is InChI=1S/C12H24OS/c1-3-4-5-6-11(2)9-12-7-8-14-10-13-12/h11-12H,3-10H2,1-2H3. The maximum absolute atomic E-state index is 5.72. The van der Waals surface area contributed by atoms with Crippen molar-refractivity contribution in [2.75, 3.05) is 11.7 Å². The van der Waals surface area contributed by atoms with Crippen molar-refractivity contribution in [3.05, 3.63) is 0 Å². The van der Waals surface area contributed by atoms with Crippen molar-refractivity contribution in [2.45, 2.75) is 58.5 Å². The van der Waals surface area contributed by atoms with Gasteiger partial charge >= 0.3 is 0 Å². The van der Waals surface area contributed by atoms with Crippen molar-refractivity contribution < 1.29 is 4.74 Å². The van der Waals surface area contributed by atoms with Crippen LogP contribution in [0, 0.1) is 5.92 Å². The van der Waals surface area contributed by atoms with E-state index in [2.05, 4.69) is 13.8 Å². The third-order valence-corrected chi connectivity index (χ3v) is 3.76. The highest BCUT2D eigenvalue weighted by molar-refractivity contribution is 7.99. The Morgan fingerprint density at radius 2 is 2.29 bits per heavy atom. The Balaban J connectivity index is 2.03. The molecule has 1 rings (SSSR count). The normalized spacial score (nSPS) is 24.9. The number of unbranched alkanes of at least 4 members (excludes halogenated alkanes) is 2. The third kappa shape index (κ3) is 5.26. The summed E-state index contributed by atoms with van der Waals surface area (Å²) in [6.45, 7) is 4.65. The van der Waals surface area contributed by atoms with Crippen LogP contribution in [0.25, 0.3) is 0 Å². The van der Waals surface area contributed by atoms with Gasteiger partial charge in [0.25, 0.3) is 0 Å². The van der Waals surface area contributed by atoms with Crippen LogP contribution in [0.5, 0.6) is 0 Å². The van der Waals surface area contributed by atoms with Crippen molar-refractivity contribution in [3.8, 4) is 0 Å². The predicted molar refractivity (Wildman–Crippen MR) is 64.7 cm³/mol.